The van der Waals surface area contributed by atoms with Crippen LogP contribution < -0.4 is 0 Å². The predicted octanol–water partition coefficient (Wildman–Crippen LogP) is 2.07. The number of aryl methyl sites for hydroxylation is 1. The van der Waals surface area contributed by atoms with Gasteiger partial charge in [0.15, 0.2) is 0 Å². The van der Waals surface area contributed by atoms with Gasteiger partial charge in [-0.3, -0.25) is 4.79 Å². The summed E-state index contributed by atoms with van der Waals surface area (Å²) in [6.07, 6.45) is 6.10. The minimum absolute atomic E-state index is 0.642. The Morgan fingerprint density at radius 2 is 2.06 bits per heavy atom. The number of hydrogen-bond donors (Lipinski definition) is 1. The van der Waals surface area contributed by atoms with E-state index < -0.39 is 11.4 Å². The van der Waals surface area contributed by atoms with Gasteiger partial charge in [-0.1, -0.05) is 19.3 Å². The van der Waals surface area contributed by atoms with Crippen LogP contribution in [0.1, 0.15) is 43.6 Å². The lowest BCUT2D eigenvalue weighted by Gasteiger charge is -2.32. The van der Waals surface area contributed by atoms with Crippen molar-refractivity contribution in [2.45, 2.75) is 44.4 Å². The van der Waals surface area contributed by atoms with E-state index in [1.54, 1.807) is 19.2 Å². The molecule has 0 radical (unpaired) electrons. The van der Waals surface area contributed by atoms with Gasteiger partial charge in [0.2, 0.25) is 0 Å². The Balaban J connectivity index is 2.42. The van der Waals surface area contributed by atoms with Crippen LogP contribution in [0.4, 0.5) is 0 Å². The van der Waals surface area contributed by atoms with E-state index in [1.165, 1.54) is 0 Å². The van der Waals surface area contributed by atoms with Gasteiger partial charge < -0.3 is 5.11 Å². The minimum Gasteiger partial charge on any atom is -0.481 e. The molecule has 0 unspecified atom stereocenters. The Bertz CT molecular complexity index is 398. The first-order valence-corrected chi connectivity index (χ1v) is 5.69. The van der Waals surface area contributed by atoms with E-state index in [4.69, 9.17) is 0 Å². The summed E-state index contributed by atoms with van der Waals surface area (Å²) < 4.78 is 0. The molecule has 0 spiro atoms. The third kappa shape index (κ3) is 1.79. The predicted molar refractivity (Wildman–Crippen MR) is 59.2 cm³/mol. The van der Waals surface area contributed by atoms with Crippen molar-refractivity contribution in [3.8, 4) is 0 Å². The summed E-state index contributed by atoms with van der Waals surface area (Å²) in [5.74, 6) is -0.103. The Labute approximate surface area is 94.7 Å². The van der Waals surface area contributed by atoms with Crippen molar-refractivity contribution in [1.29, 1.82) is 0 Å². The highest BCUT2D eigenvalue weighted by atomic mass is 16.4. The van der Waals surface area contributed by atoms with Crippen LogP contribution in [-0.2, 0) is 10.2 Å². The maximum Gasteiger partial charge on any atom is 0.315 e. The van der Waals surface area contributed by atoms with E-state index in [-0.39, 0.29) is 0 Å². The first-order valence-electron chi connectivity index (χ1n) is 5.69. The Hall–Kier alpha value is -1.45. The van der Waals surface area contributed by atoms with Gasteiger partial charge in [0, 0.05) is 6.20 Å². The lowest BCUT2D eigenvalue weighted by Crippen LogP contribution is -2.38. The molecule has 1 aliphatic carbocycles. The highest BCUT2D eigenvalue weighted by molar-refractivity contribution is 5.80. The summed E-state index contributed by atoms with van der Waals surface area (Å²) in [6, 6.07) is 1.74. The van der Waals surface area contributed by atoms with Crippen molar-refractivity contribution in [2.75, 3.05) is 0 Å². The highest BCUT2D eigenvalue weighted by Crippen LogP contribution is 2.38. The number of carbonyl (C=O) groups is 1. The normalized spacial score (nSPS) is 19.3. The molecular formula is C12H16N2O2. The van der Waals surface area contributed by atoms with E-state index in [9.17, 15) is 9.90 Å². The van der Waals surface area contributed by atoms with Crippen molar-refractivity contribution >= 4 is 5.97 Å². The topological polar surface area (TPSA) is 63.1 Å². The molecule has 0 saturated heterocycles. The lowest BCUT2D eigenvalue weighted by molar-refractivity contribution is -0.145. The molecule has 1 aromatic heterocycles. The van der Waals surface area contributed by atoms with Crippen molar-refractivity contribution in [3.05, 3.63) is 23.8 Å². The van der Waals surface area contributed by atoms with Gasteiger partial charge in [-0.15, -0.1) is 0 Å². The molecule has 1 N–H and O–H groups in total. The first-order chi connectivity index (χ1) is 7.65. The van der Waals surface area contributed by atoms with Crippen LogP contribution in [-0.4, -0.2) is 21.0 Å². The zero-order chi connectivity index (χ0) is 11.6. The van der Waals surface area contributed by atoms with Crippen LogP contribution in [0.2, 0.25) is 0 Å². The smallest absolute Gasteiger partial charge is 0.315 e. The zero-order valence-corrected chi connectivity index (χ0v) is 9.44. The maximum atomic E-state index is 11.5. The molecule has 0 amide bonds. The molecule has 0 bridgehead atoms. The average Bonchev–Trinajstić information content (AvgIpc) is 2.30. The van der Waals surface area contributed by atoms with Crippen LogP contribution in [0.5, 0.6) is 0 Å². The molecule has 4 nitrogen and oxygen atoms in total. The van der Waals surface area contributed by atoms with E-state index in [0.717, 1.165) is 19.3 Å². The Morgan fingerprint density at radius 1 is 1.38 bits per heavy atom. The van der Waals surface area contributed by atoms with Gasteiger partial charge in [0.05, 0.1) is 5.69 Å². The van der Waals surface area contributed by atoms with Crippen molar-refractivity contribution in [3.63, 3.8) is 0 Å². The monoisotopic (exact) mass is 220 g/mol. The first kappa shape index (κ1) is 11.0. The molecule has 1 saturated carbocycles. The van der Waals surface area contributed by atoms with Gasteiger partial charge in [0.1, 0.15) is 11.2 Å². The lowest BCUT2D eigenvalue weighted by atomic mass is 9.71. The number of carboxylic acid groups (broad SMARTS) is 1. The minimum atomic E-state index is -0.772. The third-order valence-electron chi connectivity index (χ3n) is 3.38. The summed E-state index contributed by atoms with van der Waals surface area (Å²) in [5, 5.41) is 9.47. The summed E-state index contributed by atoms with van der Waals surface area (Å²) in [6.45, 7) is 1.79. The van der Waals surface area contributed by atoms with Gasteiger partial charge in [0.25, 0.3) is 0 Å². The molecule has 0 aliphatic heterocycles. The molecule has 2 rings (SSSR count). The largest absolute Gasteiger partial charge is 0.481 e. The van der Waals surface area contributed by atoms with Gasteiger partial charge in [-0.25, -0.2) is 9.97 Å². The van der Waals surface area contributed by atoms with E-state index in [2.05, 4.69) is 9.97 Å². The third-order valence-corrected chi connectivity index (χ3v) is 3.38. The highest BCUT2D eigenvalue weighted by Gasteiger charge is 2.42. The second kappa shape index (κ2) is 4.20. The summed E-state index contributed by atoms with van der Waals surface area (Å²) >= 11 is 0. The fourth-order valence-electron chi connectivity index (χ4n) is 2.46. The Kier molecular flexibility index (Phi) is 2.90. The number of rotatable bonds is 2. The molecule has 0 aromatic carbocycles. The molecular weight excluding hydrogens is 204 g/mol. The number of aliphatic carboxylic acids is 1. The van der Waals surface area contributed by atoms with Crippen molar-refractivity contribution in [1.82, 2.24) is 9.97 Å². The molecule has 1 aromatic rings. The average molecular weight is 220 g/mol. The number of carboxylic acids is 1. The SMILES string of the molecule is Cc1nccc(C2(C(=O)O)CCCCC2)n1. The summed E-state index contributed by atoms with van der Waals surface area (Å²) in [7, 11) is 0. The van der Waals surface area contributed by atoms with Crippen LogP contribution in [0.3, 0.4) is 0 Å². The quantitative estimate of drug-likeness (QED) is 0.828. The second-order valence-electron chi connectivity index (χ2n) is 4.44. The fourth-order valence-corrected chi connectivity index (χ4v) is 2.46. The summed E-state index contributed by atoms with van der Waals surface area (Å²) in [5.41, 5.74) is -0.0985. The van der Waals surface area contributed by atoms with Crippen molar-refractivity contribution < 1.29 is 9.90 Å². The van der Waals surface area contributed by atoms with E-state index in [1.807, 2.05) is 0 Å². The molecule has 4 heteroatoms. The fraction of sp³-hybridized carbons (Fsp3) is 0.583. The van der Waals surface area contributed by atoms with E-state index in [0.29, 0.717) is 24.4 Å². The van der Waals surface area contributed by atoms with Crippen LogP contribution in [0, 0.1) is 6.92 Å². The van der Waals surface area contributed by atoms with Crippen molar-refractivity contribution in [2.24, 2.45) is 0 Å². The molecule has 1 heterocycles. The van der Waals surface area contributed by atoms with Gasteiger partial charge in [-0.2, -0.15) is 0 Å². The number of aromatic nitrogens is 2. The molecule has 1 fully saturated rings. The molecule has 0 atom stereocenters. The molecule has 16 heavy (non-hydrogen) atoms. The van der Waals surface area contributed by atoms with E-state index >= 15 is 0 Å². The van der Waals surface area contributed by atoms with Crippen LogP contribution in [0.25, 0.3) is 0 Å². The zero-order valence-electron chi connectivity index (χ0n) is 9.44. The molecule has 86 valence electrons. The standard InChI is InChI=1S/C12H16N2O2/c1-9-13-8-5-10(14-9)12(11(15)16)6-3-2-4-7-12/h5,8H,2-4,6-7H2,1H3,(H,15,16). The van der Waals surface area contributed by atoms with Gasteiger partial charge >= 0.3 is 5.97 Å². The number of hydrogen-bond acceptors (Lipinski definition) is 3. The van der Waals surface area contributed by atoms with Crippen LogP contribution >= 0.6 is 0 Å². The van der Waals surface area contributed by atoms with Crippen LogP contribution in [0.15, 0.2) is 12.3 Å². The molecule has 1 aliphatic rings. The second-order valence-corrected chi connectivity index (χ2v) is 4.44. The van der Waals surface area contributed by atoms with Gasteiger partial charge in [-0.05, 0) is 25.8 Å². The Morgan fingerprint density at radius 3 is 2.62 bits per heavy atom. The maximum absolute atomic E-state index is 11.5. The summed E-state index contributed by atoms with van der Waals surface area (Å²) in [4.78, 5) is 19.8. The number of nitrogens with zero attached hydrogens (tertiary/aromatic N) is 2.